The van der Waals surface area contributed by atoms with Crippen molar-refractivity contribution in [1.29, 1.82) is 0 Å². The first-order valence-electron chi connectivity index (χ1n) is 4.80. The molecule has 0 heterocycles. The van der Waals surface area contributed by atoms with Crippen LogP contribution in [0.2, 0.25) is 5.02 Å². The topological polar surface area (TPSA) is 37.3 Å². The van der Waals surface area contributed by atoms with Crippen molar-refractivity contribution in [2.24, 2.45) is 11.8 Å². The highest BCUT2D eigenvalue weighted by Gasteiger charge is 2.59. The van der Waals surface area contributed by atoms with E-state index in [2.05, 4.69) is 0 Å². The summed E-state index contributed by atoms with van der Waals surface area (Å²) in [5.41, 5.74) is 1.85. The molecule has 0 spiro atoms. The summed E-state index contributed by atoms with van der Waals surface area (Å²) in [5, 5.41) is 8.99. The zero-order chi connectivity index (χ0) is 10.7. The normalized spacial score (nSPS) is 30.9. The summed E-state index contributed by atoms with van der Waals surface area (Å²) in [6.45, 7) is 0. The molecule has 3 rings (SSSR count). The monoisotopic (exact) mass is 226 g/mol. The predicted molar refractivity (Wildman–Crippen MR) is 52.5 cm³/mol. The molecule has 3 atom stereocenters. The highest BCUT2D eigenvalue weighted by Crippen LogP contribution is 2.61. The Hall–Kier alpha value is -1.09. The minimum Gasteiger partial charge on any atom is -0.481 e. The predicted octanol–water partition coefficient (Wildman–Crippen LogP) is 2.45. The molecule has 0 aliphatic heterocycles. The van der Waals surface area contributed by atoms with Gasteiger partial charge >= 0.3 is 5.97 Å². The molecule has 78 valence electrons. The lowest BCUT2D eigenvalue weighted by Crippen LogP contribution is -2.05. The molecule has 0 bridgehead atoms. The third kappa shape index (κ3) is 1.13. The van der Waals surface area contributed by atoms with Crippen LogP contribution in [0.15, 0.2) is 12.1 Å². The molecule has 0 saturated heterocycles. The Morgan fingerprint density at radius 1 is 1.53 bits per heavy atom. The summed E-state index contributed by atoms with van der Waals surface area (Å²) in [6, 6.07) is 3.02. The van der Waals surface area contributed by atoms with Gasteiger partial charge in [0.2, 0.25) is 0 Å². The maximum absolute atomic E-state index is 13.1. The minimum absolute atomic E-state index is 0.0654. The van der Waals surface area contributed by atoms with Gasteiger partial charge in [-0.15, -0.1) is 0 Å². The molecule has 1 aromatic carbocycles. The number of hydrogen-bond donors (Lipinski definition) is 1. The van der Waals surface area contributed by atoms with Gasteiger partial charge in [-0.05, 0) is 35.6 Å². The van der Waals surface area contributed by atoms with Crippen LogP contribution in [0, 0.1) is 17.7 Å². The van der Waals surface area contributed by atoms with Gasteiger partial charge in [-0.25, -0.2) is 4.39 Å². The molecule has 0 amide bonds. The molecule has 15 heavy (non-hydrogen) atoms. The maximum atomic E-state index is 13.1. The van der Waals surface area contributed by atoms with Crippen LogP contribution in [-0.4, -0.2) is 11.1 Å². The minimum atomic E-state index is -0.754. The van der Waals surface area contributed by atoms with Crippen molar-refractivity contribution in [2.45, 2.75) is 12.3 Å². The lowest BCUT2D eigenvalue weighted by atomic mass is 10.0. The molecule has 4 heteroatoms. The van der Waals surface area contributed by atoms with E-state index in [1.165, 1.54) is 6.07 Å². The average molecular weight is 227 g/mol. The van der Waals surface area contributed by atoms with Crippen molar-refractivity contribution in [1.82, 2.24) is 0 Å². The number of hydrogen-bond acceptors (Lipinski definition) is 1. The quantitative estimate of drug-likeness (QED) is 0.799. The summed E-state index contributed by atoms with van der Waals surface area (Å²) in [7, 11) is 0. The molecule has 2 aliphatic rings. The van der Waals surface area contributed by atoms with E-state index in [4.69, 9.17) is 16.7 Å². The van der Waals surface area contributed by atoms with E-state index in [0.717, 1.165) is 11.1 Å². The van der Waals surface area contributed by atoms with Crippen molar-refractivity contribution in [3.8, 4) is 0 Å². The highest BCUT2D eigenvalue weighted by molar-refractivity contribution is 6.30. The molecule has 1 saturated carbocycles. The van der Waals surface area contributed by atoms with Crippen LogP contribution in [0.4, 0.5) is 4.39 Å². The first-order valence-corrected chi connectivity index (χ1v) is 5.18. The molecule has 0 aromatic heterocycles. The van der Waals surface area contributed by atoms with Gasteiger partial charge in [0.05, 0.1) is 10.9 Å². The van der Waals surface area contributed by atoms with E-state index >= 15 is 0 Å². The van der Waals surface area contributed by atoms with Gasteiger partial charge in [0.1, 0.15) is 5.82 Å². The zero-order valence-electron chi connectivity index (χ0n) is 7.71. The van der Waals surface area contributed by atoms with Crippen molar-refractivity contribution in [3.63, 3.8) is 0 Å². The fourth-order valence-corrected chi connectivity index (χ4v) is 2.91. The summed E-state index contributed by atoms with van der Waals surface area (Å²) in [5.74, 6) is -1.22. The molecule has 1 aromatic rings. The van der Waals surface area contributed by atoms with Crippen LogP contribution in [0.3, 0.4) is 0 Å². The number of carboxylic acid groups (broad SMARTS) is 1. The number of fused-ring (bicyclic) bond motifs is 3. The van der Waals surface area contributed by atoms with E-state index in [9.17, 15) is 9.18 Å². The van der Waals surface area contributed by atoms with Gasteiger partial charge in [-0.3, -0.25) is 4.79 Å². The molecule has 2 nitrogen and oxygen atoms in total. The van der Waals surface area contributed by atoms with Gasteiger partial charge in [-0.1, -0.05) is 11.6 Å². The van der Waals surface area contributed by atoms with Gasteiger partial charge in [0.25, 0.3) is 0 Å². The SMILES string of the molecule is O=C(O)[C@@H]1[C@@H]2Cc3cc(F)c(Cl)cc3[C@@H]21. The van der Waals surface area contributed by atoms with E-state index < -0.39 is 11.8 Å². The lowest BCUT2D eigenvalue weighted by Gasteiger charge is -2.06. The molecule has 0 radical (unpaired) electrons. The molecule has 1 N–H and O–H groups in total. The number of aliphatic carboxylic acids is 1. The Balaban J connectivity index is 2.02. The van der Waals surface area contributed by atoms with Crippen molar-refractivity contribution in [2.75, 3.05) is 0 Å². The van der Waals surface area contributed by atoms with Gasteiger partial charge < -0.3 is 5.11 Å². The Morgan fingerprint density at radius 2 is 2.27 bits per heavy atom. The van der Waals surface area contributed by atoms with Gasteiger partial charge in [-0.2, -0.15) is 0 Å². The van der Waals surface area contributed by atoms with Crippen molar-refractivity contribution < 1.29 is 14.3 Å². The second kappa shape index (κ2) is 2.73. The molecule has 0 unspecified atom stereocenters. The second-order valence-electron chi connectivity index (χ2n) is 4.22. The van der Waals surface area contributed by atoms with E-state index in [-0.39, 0.29) is 22.8 Å². The number of benzene rings is 1. The fourth-order valence-electron chi connectivity index (χ4n) is 2.73. The number of carbonyl (C=O) groups is 1. The van der Waals surface area contributed by atoms with E-state index in [1.54, 1.807) is 6.07 Å². The maximum Gasteiger partial charge on any atom is 0.307 e. The van der Waals surface area contributed by atoms with Crippen LogP contribution in [0.25, 0.3) is 0 Å². The van der Waals surface area contributed by atoms with Crippen molar-refractivity contribution >= 4 is 17.6 Å². The highest BCUT2D eigenvalue weighted by atomic mass is 35.5. The van der Waals surface area contributed by atoms with Crippen molar-refractivity contribution in [3.05, 3.63) is 34.1 Å². The van der Waals surface area contributed by atoms with Crippen LogP contribution in [0.5, 0.6) is 0 Å². The number of carboxylic acids is 1. The van der Waals surface area contributed by atoms with Gasteiger partial charge in [0.15, 0.2) is 0 Å². The molecular weight excluding hydrogens is 219 g/mol. The third-order valence-corrected chi connectivity index (χ3v) is 3.74. The first-order chi connectivity index (χ1) is 7.09. The summed E-state index contributed by atoms with van der Waals surface area (Å²) >= 11 is 5.68. The number of halogens is 2. The zero-order valence-corrected chi connectivity index (χ0v) is 8.46. The van der Waals surface area contributed by atoms with Gasteiger partial charge in [0, 0.05) is 5.92 Å². The van der Waals surface area contributed by atoms with Crippen LogP contribution < -0.4 is 0 Å². The summed E-state index contributed by atoms with van der Waals surface area (Å²) in [4.78, 5) is 10.8. The third-order valence-electron chi connectivity index (χ3n) is 3.45. The fraction of sp³-hybridized carbons (Fsp3) is 0.364. The molecular formula is C11H8ClFO2. The van der Waals surface area contributed by atoms with E-state index in [1.807, 2.05) is 0 Å². The molecule has 2 aliphatic carbocycles. The Bertz CT molecular complexity index is 472. The van der Waals surface area contributed by atoms with E-state index in [0.29, 0.717) is 6.42 Å². The summed E-state index contributed by atoms with van der Waals surface area (Å²) < 4.78 is 13.1. The lowest BCUT2D eigenvalue weighted by molar-refractivity contribution is -0.139. The largest absolute Gasteiger partial charge is 0.481 e. The number of rotatable bonds is 1. The van der Waals surface area contributed by atoms with Crippen LogP contribution >= 0.6 is 11.6 Å². The Kier molecular flexibility index (Phi) is 1.67. The average Bonchev–Trinajstić information content (AvgIpc) is 2.76. The second-order valence-corrected chi connectivity index (χ2v) is 4.63. The summed E-state index contributed by atoms with van der Waals surface area (Å²) in [6.07, 6.45) is 0.672. The van der Waals surface area contributed by atoms with Crippen LogP contribution in [0.1, 0.15) is 17.0 Å². The molecule has 1 fully saturated rings. The Labute approximate surface area is 90.7 Å². The van der Waals surface area contributed by atoms with Crippen LogP contribution in [-0.2, 0) is 11.2 Å². The standard InChI is InChI=1S/C11H8ClFO2/c12-7-3-5-4(2-8(7)13)1-6-9(5)10(6)11(14)15/h2-3,6,9-10H,1H2,(H,14,15)/t6-,9+,10-/m1/s1. The Morgan fingerprint density at radius 3 is 2.93 bits per heavy atom. The smallest absolute Gasteiger partial charge is 0.307 e. The first kappa shape index (κ1) is 9.16.